The number of rotatable bonds is 3. The van der Waals surface area contributed by atoms with Crippen LogP contribution in [-0.4, -0.2) is 0 Å². The molecule has 0 heterocycles. The number of nitrogens with zero attached hydrogens (tertiary/aromatic N) is 1. The smallest absolute Gasteiger partial charge is 0.129 e. The first-order valence-electron chi connectivity index (χ1n) is 6.20. The predicted molar refractivity (Wildman–Crippen MR) is 79.4 cm³/mol. The minimum absolute atomic E-state index is 0.172. The Hall–Kier alpha value is -2.05. The third-order valence-corrected chi connectivity index (χ3v) is 3.32. The van der Waals surface area contributed by atoms with E-state index in [-0.39, 0.29) is 5.82 Å². The summed E-state index contributed by atoms with van der Waals surface area (Å²) in [6, 6.07) is 10.8. The first-order valence-corrected chi connectivity index (χ1v) is 6.58. The molecular formula is C16H14ClFN2. The zero-order valence-electron chi connectivity index (χ0n) is 11.3. The van der Waals surface area contributed by atoms with Crippen molar-refractivity contribution in [3.63, 3.8) is 0 Å². The van der Waals surface area contributed by atoms with Crippen LogP contribution in [0.3, 0.4) is 0 Å². The molecule has 0 spiro atoms. The molecule has 0 aliphatic carbocycles. The fraction of sp³-hybridized carbons (Fsp3) is 0.188. The van der Waals surface area contributed by atoms with E-state index >= 15 is 0 Å². The monoisotopic (exact) mass is 288 g/mol. The second-order valence-corrected chi connectivity index (χ2v) is 5.14. The quantitative estimate of drug-likeness (QED) is 0.897. The van der Waals surface area contributed by atoms with Crippen molar-refractivity contribution in [2.24, 2.45) is 0 Å². The molecule has 0 aromatic heterocycles. The van der Waals surface area contributed by atoms with Crippen LogP contribution in [0.5, 0.6) is 0 Å². The highest BCUT2D eigenvalue weighted by molar-refractivity contribution is 6.30. The summed E-state index contributed by atoms with van der Waals surface area (Å²) in [5, 5.41) is 12.8. The molecule has 0 aliphatic rings. The van der Waals surface area contributed by atoms with Crippen LogP contribution in [0.1, 0.15) is 22.3 Å². The molecule has 2 aromatic carbocycles. The Labute approximate surface area is 122 Å². The molecule has 20 heavy (non-hydrogen) atoms. The fourth-order valence-electron chi connectivity index (χ4n) is 2.10. The van der Waals surface area contributed by atoms with Gasteiger partial charge >= 0.3 is 0 Å². The molecule has 0 bridgehead atoms. The summed E-state index contributed by atoms with van der Waals surface area (Å²) >= 11 is 5.93. The molecule has 0 saturated carbocycles. The van der Waals surface area contributed by atoms with Crippen molar-refractivity contribution in [2.75, 3.05) is 5.32 Å². The van der Waals surface area contributed by atoms with E-state index in [0.717, 1.165) is 5.56 Å². The molecule has 4 heteroatoms. The van der Waals surface area contributed by atoms with Crippen LogP contribution in [0.15, 0.2) is 30.3 Å². The van der Waals surface area contributed by atoms with Gasteiger partial charge in [0.25, 0.3) is 0 Å². The highest BCUT2D eigenvalue weighted by atomic mass is 35.5. The number of nitriles is 1. The van der Waals surface area contributed by atoms with Crippen LogP contribution in [0.25, 0.3) is 0 Å². The molecule has 2 aromatic rings. The summed E-state index contributed by atoms with van der Waals surface area (Å²) in [7, 11) is 0. The fourth-order valence-corrected chi connectivity index (χ4v) is 2.27. The number of halogens is 2. The van der Waals surface area contributed by atoms with Crippen LogP contribution >= 0.6 is 11.6 Å². The van der Waals surface area contributed by atoms with E-state index in [1.165, 1.54) is 0 Å². The van der Waals surface area contributed by atoms with E-state index < -0.39 is 0 Å². The zero-order chi connectivity index (χ0) is 14.7. The molecule has 1 N–H and O–H groups in total. The Morgan fingerprint density at radius 3 is 2.45 bits per heavy atom. The third kappa shape index (κ3) is 3.09. The summed E-state index contributed by atoms with van der Waals surface area (Å²) < 4.78 is 13.6. The first kappa shape index (κ1) is 14.4. The van der Waals surface area contributed by atoms with Crippen molar-refractivity contribution in [3.8, 4) is 6.07 Å². The number of anilines is 1. The lowest BCUT2D eigenvalue weighted by atomic mass is 10.1. The van der Waals surface area contributed by atoms with Crippen molar-refractivity contribution in [3.05, 3.63) is 63.4 Å². The lowest BCUT2D eigenvalue weighted by Gasteiger charge is -2.11. The molecule has 0 saturated heterocycles. The van der Waals surface area contributed by atoms with E-state index in [9.17, 15) is 4.39 Å². The summed E-state index contributed by atoms with van der Waals surface area (Å²) in [4.78, 5) is 0. The SMILES string of the molecule is Cc1cc(CNc2cc(Cl)ccc2C#N)cc(C)c1F. The Kier molecular flexibility index (Phi) is 4.26. The average Bonchev–Trinajstić information content (AvgIpc) is 2.42. The van der Waals surface area contributed by atoms with Gasteiger partial charge in [-0.05, 0) is 48.7 Å². The van der Waals surface area contributed by atoms with Gasteiger partial charge in [0, 0.05) is 11.6 Å². The lowest BCUT2D eigenvalue weighted by Crippen LogP contribution is -2.03. The Morgan fingerprint density at radius 2 is 1.85 bits per heavy atom. The van der Waals surface area contributed by atoms with E-state index in [4.69, 9.17) is 16.9 Å². The number of nitrogens with one attached hydrogen (secondary N) is 1. The van der Waals surface area contributed by atoms with Gasteiger partial charge in [-0.1, -0.05) is 23.7 Å². The van der Waals surface area contributed by atoms with Gasteiger partial charge < -0.3 is 5.32 Å². The van der Waals surface area contributed by atoms with Crippen molar-refractivity contribution < 1.29 is 4.39 Å². The van der Waals surface area contributed by atoms with Crippen LogP contribution in [0.4, 0.5) is 10.1 Å². The highest BCUT2D eigenvalue weighted by Gasteiger charge is 2.06. The highest BCUT2D eigenvalue weighted by Crippen LogP contribution is 2.22. The van der Waals surface area contributed by atoms with Gasteiger partial charge in [-0.3, -0.25) is 0 Å². The largest absolute Gasteiger partial charge is 0.380 e. The van der Waals surface area contributed by atoms with E-state index in [1.54, 1.807) is 44.2 Å². The normalized spacial score (nSPS) is 10.2. The average molecular weight is 289 g/mol. The summed E-state index contributed by atoms with van der Waals surface area (Å²) in [6.45, 7) is 3.99. The number of hydrogen-bond donors (Lipinski definition) is 1. The molecular weight excluding hydrogens is 275 g/mol. The first-order chi connectivity index (χ1) is 9.51. The number of benzene rings is 2. The van der Waals surface area contributed by atoms with E-state index in [1.807, 2.05) is 0 Å². The Bertz CT molecular complexity index is 666. The molecule has 0 unspecified atom stereocenters. The third-order valence-electron chi connectivity index (χ3n) is 3.08. The second kappa shape index (κ2) is 5.94. The van der Waals surface area contributed by atoms with Gasteiger partial charge in [-0.2, -0.15) is 5.26 Å². The van der Waals surface area contributed by atoms with Gasteiger partial charge in [0.1, 0.15) is 11.9 Å². The minimum Gasteiger partial charge on any atom is -0.380 e. The van der Waals surface area contributed by atoms with Crippen molar-refractivity contribution in [2.45, 2.75) is 20.4 Å². The molecule has 0 radical (unpaired) electrons. The zero-order valence-corrected chi connectivity index (χ0v) is 12.1. The predicted octanol–water partition coefficient (Wildman–Crippen LogP) is 4.58. The topological polar surface area (TPSA) is 35.8 Å². The van der Waals surface area contributed by atoms with Gasteiger partial charge in [-0.15, -0.1) is 0 Å². The summed E-state index contributed by atoms with van der Waals surface area (Å²) in [6.07, 6.45) is 0. The molecule has 2 rings (SSSR count). The van der Waals surface area contributed by atoms with Gasteiger partial charge in [0.2, 0.25) is 0 Å². The van der Waals surface area contributed by atoms with Gasteiger partial charge in [0.05, 0.1) is 11.3 Å². The summed E-state index contributed by atoms with van der Waals surface area (Å²) in [5.41, 5.74) is 3.41. The Morgan fingerprint density at radius 1 is 1.20 bits per heavy atom. The number of hydrogen-bond acceptors (Lipinski definition) is 2. The minimum atomic E-state index is -0.172. The molecule has 0 aliphatic heterocycles. The summed E-state index contributed by atoms with van der Waals surface area (Å²) in [5.74, 6) is -0.172. The molecule has 0 amide bonds. The van der Waals surface area contributed by atoms with Crippen molar-refractivity contribution in [1.82, 2.24) is 0 Å². The maximum absolute atomic E-state index is 13.6. The van der Waals surface area contributed by atoms with Crippen molar-refractivity contribution >= 4 is 17.3 Å². The van der Waals surface area contributed by atoms with E-state index in [0.29, 0.717) is 33.9 Å². The molecule has 2 nitrogen and oxygen atoms in total. The van der Waals surface area contributed by atoms with Crippen molar-refractivity contribution in [1.29, 1.82) is 5.26 Å². The van der Waals surface area contributed by atoms with E-state index in [2.05, 4.69) is 11.4 Å². The van der Waals surface area contributed by atoms with Gasteiger partial charge in [-0.25, -0.2) is 4.39 Å². The van der Waals surface area contributed by atoms with Crippen LogP contribution < -0.4 is 5.32 Å². The van der Waals surface area contributed by atoms with Crippen LogP contribution in [0.2, 0.25) is 5.02 Å². The van der Waals surface area contributed by atoms with Gasteiger partial charge in [0.15, 0.2) is 0 Å². The molecule has 0 fully saturated rings. The number of aryl methyl sites for hydroxylation is 2. The lowest BCUT2D eigenvalue weighted by molar-refractivity contribution is 0.608. The Balaban J connectivity index is 2.21. The molecule has 0 atom stereocenters. The second-order valence-electron chi connectivity index (χ2n) is 4.70. The standard InChI is InChI=1S/C16H14ClFN2/c1-10-5-12(6-11(2)16(10)18)9-20-15-7-14(17)4-3-13(15)8-19/h3-7,20H,9H2,1-2H3. The maximum Gasteiger partial charge on any atom is 0.129 e. The molecule has 102 valence electrons. The maximum atomic E-state index is 13.6. The van der Waals surface area contributed by atoms with Crippen LogP contribution in [-0.2, 0) is 6.54 Å². The van der Waals surface area contributed by atoms with Crippen LogP contribution in [0, 0.1) is 31.0 Å².